The van der Waals surface area contributed by atoms with Gasteiger partial charge in [-0.25, -0.2) is 0 Å². The van der Waals surface area contributed by atoms with E-state index in [1.165, 1.54) is 0 Å². The topological polar surface area (TPSA) is 40.5 Å². The predicted octanol–water partition coefficient (Wildman–Crippen LogP) is 3.94. The van der Waals surface area contributed by atoms with Crippen LogP contribution in [-0.2, 0) is 0 Å². The van der Waals surface area contributed by atoms with E-state index in [0.29, 0.717) is 5.75 Å². The van der Waals surface area contributed by atoms with Crippen LogP contribution < -0.4 is 0 Å². The summed E-state index contributed by atoms with van der Waals surface area (Å²) in [5, 5.41) is 22.2. The van der Waals surface area contributed by atoms with Crippen LogP contribution in [0, 0.1) is 0 Å². The molecule has 3 heteroatoms. The Hall–Kier alpha value is -1.19. The van der Waals surface area contributed by atoms with Crippen molar-refractivity contribution in [3.05, 3.63) is 36.4 Å². The summed E-state index contributed by atoms with van der Waals surface area (Å²) in [5.74, 6) is 1.06. The Bertz CT molecular complexity index is 588. The van der Waals surface area contributed by atoms with Crippen molar-refractivity contribution >= 4 is 22.5 Å². The second-order valence-electron chi connectivity index (χ2n) is 5.35. The summed E-state index contributed by atoms with van der Waals surface area (Å²) in [7, 11) is 0. The second-order valence-corrected chi connectivity index (χ2v) is 6.37. The standard InChI is InChI=1S/C16H18O2S/c17-14-7-8-15(13-6-2-1-5-12(13)14)19-11-16(18)9-3-4-10-16/h1-2,5-8,17-18H,3-4,9-11H2. The van der Waals surface area contributed by atoms with Crippen LogP contribution in [0.1, 0.15) is 25.7 Å². The number of hydrogen-bond donors (Lipinski definition) is 2. The van der Waals surface area contributed by atoms with Crippen LogP contribution in [0.3, 0.4) is 0 Å². The number of aromatic hydroxyl groups is 1. The van der Waals surface area contributed by atoms with E-state index in [1.807, 2.05) is 30.3 Å². The molecule has 2 aromatic carbocycles. The average Bonchev–Trinajstić information content (AvgIpc) is 2.86. The Labute approximate surface area is 117 Å². The van der Waals surface area contributed by atoms with E-state index in [1.54, 1.807) is 17.8 Å². The number of aliphatic hydroxyl groups is 1. The Kier molecular flexibility index (Phi) is 3.42. The fourth-order valence-corrected chi connectivity index (χ4v) is 3.98. The van der Waals surface area contributed by atoms with Gasteiger partial charge < -0.3 is 10.2 Å². The van der Waals surface area contributed by atoms with Gasteiger partial charge in [0.1, 0.15) is 5.75 Å². The van der Waals surface area contributed by atoms with Gasteiger partial charge in [-0.1, -0.05) is 37.1 Å². The van der Waals surface area contributed by atoms with Crippen molar-refractivity contribution in [2.75, 3.05) is 5.75 Å². The van der Waals surface area contributed by atoms with Crippen molar-refractivity contribution in [2.24, 2.45) is 0 Å². The molecule has 19 heavy (non-hydrogen) atoms. The molecule has 1 aliphatic carbocycles. The van der Waals surface area contributed by atoms with Crippen LogP contribution >= 0.6 is 11.8 Å². The lowest BCUT2D eigenvalue weighted by molar-refractivity contribution is 0.0733. The highest BCUT2D eigenvalue weighted by molar-refractivity contribution is 7.99. The van der Waals surface area contributed by atoms with Crippen LogP contribution in [0.5, 0.6) is 5.75 Å². The molecule has 2 nitrogen and oxygen atoms in total. The molecular formula is C16H18O2S. The summed E-state index contributed by atoms with van der Waals surface area (Å²) in [5.41, 5.74) is -0.496. The van der Waals surface area contributed by atoms with Crippen molar-refractivity contribution in [1.82, 2.24) is 0 Å². The molecule has 0 atom stereocenters. The van der Waals surface area contributed by atoms with Crippen LogP contribution in [0.15, 0.2) is 41.3 Å². The Balaban J connectivity index is 1.87. The molecule has 2 N–H and O–H groups in total. The lowest BCUT2D eigenvalue weighted by atomic mass is 10.1. The molecule has 100 valence electrons. The first-order valence-corrected chi connectivity index (χ1v) is 7.72. The zero-order valence-corrected chi connectivity index (χ0v) is 11.6. The zero-order chi connectivity index (χ0) is 13.3. The molecular weight excluding hydrogens is 256 g/mol. The Morgan fingerprint density at radius 1 is 1.00 bits per heavy atom. The van der Waals surface area contributed by atoms with E-state index < -0.39 is 5.60 Å². The monoisotopic (exact) mass is 274 g/mol. The highest BCUT2D eigenvalue weighted by Crippen LogP contribution is 2.38. The first-order valence-electron chi connectivity index (χ1n) is 6.74. The van der Waals surface area contributed by atoms with Crippen LogP contribution in [0.4, 0.5) is 0 Å². The number of phenols is 1. The maximum atomic E-state index is 10.4. The molecule has 0 saturated heterocycles. The Morgan fingerprint density at radius 3 is 2.42 bits per heavy atom. The van der Waals surface area contributed by atoms with Gasteiger partial charge in [0.25, 0.3) is 0 Å². The molecule has 0 radical (unpaired) electrons. The van der Waals surface area contributed by atoms with Gasteiger partial charge in [-0.05, 0) is 30.4 Å². The summed E-state index contributed by atoms with van der Waals surface area (Å²) in [6.07, 6.45) is 4.09. The van der Waals surface area contributed by atoms with Crippen LogP contribution in [0.2, 0.25) is 0 Å². The lowest BCUT2D eigenvalue weighted by Gasteiger charge is -2.21. The van der Waals surface area contributed by atoms with Crippen molar-refractivity contribution in [2.45, 2.75) is 36.2 Å². The van der Waals surface area contributed by atoms with E-state index in [4.69, 9.17) is 0 Å². The van der Waals surface area contributed by atoms with E-state index in [-0.39, 0.29) is 0 Å². The number of thioether (sulfide) groups is 1. The molecule has 1 saturated carbocycles. The predicted molar refractivity (Wildman–Crippen MR) is 79.8 cm³/mol. The molecule has 1 fully saturated rings. The molecule has 0 heterocycles. The van der Waals surface area contributed by atoms with Crippen LogP contribution in [0.25, 0.3) is 10.8 Å². The third-order valence-corrected chi connectivity index (χ3v) is 5.24. The third kappa shape index (κ3) is 2.58. The highest BCUT2D eigenvalue weighted by Gasteiger charge is 2.31. The summed E-state index contributed by atoms with van der Waals surface area (Å²) in [6, 6.07) is 11.6. The van der Waals surface area contributed by atoms with Gasteiger partial charge in [-0.15, -0.1) is 11.8 Å². The second kappa shape index (κ2) is 5.06. The van der Waals surface area contributed by atoms with E-state index >= 15 is 0 Å². The number of phenolic OH excluding ortho intramolecular Hbond substituents is 1. The fraction of sp³-hybridized carbons (Fsp3) is 0.375. The van der Waals surface area contributed by atoms with Gasteiger partial charge in [0.05, 0.1) is 5.60 Å². The molecule has 2 aromatic rings. The van der Waals surface area contributed by atoms with Crippen molar-refractivity contribution in [3.63, 3.8) is 0 Å². The molecule has 0 bridgehead atoms. The van der Waals surface area contributed by atoms with Gasteiger partial charge in [0.2, 0.25) is 0 Å². The van der Waals surface area contributed by atoms with Gasteiger partial charge in [-0.2, -0.15) is 0 Å². The summed E-state index contributed by atoms with van der Waals surface area (Å²) in [4.78, 5) is 1.13. The first-order chi connectivity index (χ1) is 9.18. The van der Waals surface area contributed by atoms with Gasteiger partial charge in [-0.3, -0.25) is 0 Å². The first kappa shape index (κ1) is 12.8. The summed E-state index contributed by atoms with van der Waals surface area (Å²) < 4.78 is 0. The molecule has 3 rings (SSSR count). The van der Waals surface area contributed by atoms with Crippen LogP contribution in [-0.4, -0.2) is 21.6 Å². The summed E-state index contributed by atoms with van der Waals surface area (Å²) >= 11 is 1.69. The highest BCUT2D eigenvalue weighted by atomic mass is 32.2. The average molecular weight is 274 g/mol. The van der Waals surface area contributed by atoms with E-state index in [9.17, 15) is 10.2 Å². The normalized spacial score (nSPS) is 17.9. The summed E-state index contributed by atoms with van der Waals surface area (Å²) in [6.45, 7) is 0. The molecule has 0 aromatic heterocycles. The molecule has 0 amide bonds. The zero-order valence-electron chi connectivity index (χ0n) is 10.8. The van der Waals surface area contributed by atoms with Gasteiger partial charge >= 0.3 is 0 Å². The number of fused-ring (bicyclic) bond motifs is 1. The van der Waals surface area contributed by atoms with Crippen molar-refractivity contribution in [1.29, 1.82) is 0 Å². The van der Waals surface area contributed by atoms with E-state index in [0.717, 1.165) is 47.1 Å². The smallest absolute Gasteiger partial charge is 0.123 e. The molecule has 0 aliphatic heterocycles. The van der Waals surface area contributed by atoms with Gasteiger partial charge in [0, 0.05) is 16.0 Å². The Morgan fingerprint density at radius 2 is 1.68 bits per heavy atom. The maximum absolute atomic E-state index is 10.4. The van der Waals surface area contributed by atoms with Crippen molar-refractivity contribution in [3.8, 4) is 5.75 Å². The largest absolute Gasteiger partial charge is 0.507 e. The minimum Gasteiger partial charge on any atom is -0.507 e. The molecule has 0 unspecified atom stereocenters. The minimum atomic E-state index is -0.496. The minimum absolute atomic E-state index is 0.319. The number of rotatable bonds is 3. The molecule has 1 aliphatic rings. The lowest BCUT2D eigenvalue weighted by Crippen LogP contribution is -2.27. The van der Waals surface area contributed by atoms with Gasteiger partial charge in [0.15, 0.2) is 0 Å². The van der Waals surface area contributed by atoms with Crippen molar-refractivity contribution < 1.29 is 10.2 Å². The fourth-order valence-electron chi connectivity index (χ4n) is 2.77. The number of benzene rings is 2. The van der Waals surface area contributed by atoms with E-state index in [2.05, 4.69) is 0 Å². The SMILES string of the molecule is Oc1ccc(SCC2(O)CCCC2)c2ccccc12. The molecule has 0 spiro atoms. The quantitative estimate of drug-likeness (QED) is 0.833. The maximum Gasteiger partial charge on any atom is 0.123 e. The number of hydrogen-bond acceptors (Lipinski definition) is 3. The third-order valence-electron chi connectivity index (χ3n) is 3.89.